The van der Waals surface area contributed by atoms with Crippen molar-refractivity contribution in [2.75, 3.05) is 20.1 Å². The first-order chi connectivity index (χ1) is 8.55. The fourth-order valence-corrected chi connectivity index (χ4v) is 4.26. The third kappa shape index (κ3) is 2.77. The Bertz CT molecular complexity index is 501. The van der Waals surface area contributed by atoms with Gasteiger partial charge in [0.05, 0.1) is 4.90 Å². The van der Waals surface area contributed by atoms with Crippen molar-refractivity contribution in [1.29, 1.82) is 0 Å². The van der Waals surface area contributed by atoms with Gasteiger partial charge in [0, 0.05) is 23.6 Å². The summed E-state index contributed by atoms with van der Waals surface area (Å²) < 4.78 is 27.5. The largest absolute Gasteiger partial charge is 0.318 e. The Labute approximate surface area is 117 Å². The molecule has 0 bridgehead atoms. The quantitative estimate of drug-likeness (QED) is 0.914. The Balaban J connectivity index is 2.27. The van der Waals surface area contributed by atoms with Crippen molar-refractivity contribution in [3.05, 3.63) is 28.7 Å². The number of nitrogens with zero attached hydrogens (tertiary/aromatic N) is 1. The SMILES string of the molecule is CNCC1CCCN1S(=O)(=O)c1ccc(Br)cc1. The minimum Gasteiger partial charge on any atom is -0.318 e. The highest BCUT2D eigenvalue weighted by atomic mass is 79.9. The Morgan fingerprint density at radius 3 is 2.67 bits per heavy atom. The molecule has 2 rings (SSSR count). The predicted molar refractivity (Wildman–Crippen MR) is 75.0 cm³/mol. The number of hydrogen-bond acceptors (Lipinski definition) is 3. The van der Waals surface area contributed by atoms with Gasteiger partial charge in [-0.15, -0.1) is 0 Å². The average Bonchev–Trinajstić information content (AvgIpc) is 2.79. The molecule has 0 aromatic heterocycles. The Kier molecular flexibility index (Phi) is 4.42. The number of nitrogens with one attached hydrogen (secondary N) is 1. The zero-order valence-electron chi connectivity index (χ0n) is 10.3. The number of sulfonamides is 1. The summed E-state index contributed by atoms with van der Waals surface area (Å²) in [5.41, 5.74) is 0. The second-order valence-corrected chi connectivity index (χ2v) is 7.23. The van der Waals surface area contributed by atoms with Crippen LogP contribution < -0.4 is 5.32 Å². The van der Waals surface area contributed by atoms with E-state index in [4.69, 9.17) is 0 Å². The fraction of sp³-hybridized carbons (Fsp3) is 0.500. The zero-order chi connectivity index (χ0) is 13.2. The monoisotopic (exact) mass is 332 g/mol. The molecule has 1 fully saturated rings. The second-order valence-electron chi connectivity index (χ2n) is 4.42. The van der Waals surface area contributed by atoms with Crippen LogP contribution in [0.25, 0.3) is 0 Å². The highest BCUT2D eigenvalue weighted by Gasteiger charge is 2.34. The van der Waals surface area contributed by atoms with E-state index >= 15 is 0 Å². The molecule has 1 heterocycles. The molecule has 1 aliphatic heterocycles. The molecule has 100 valence electrons. The Morgan fingerprint density at radius 2 is 2.06 bits per heavy atom. The lowest BCUT2D eigenvalue weighted by Crippen LogP contribution is -2.40. The Morgan fingerprint density at radius 1 is 1.39 bits per heavy atom. The van der Waals surface area contributed by atoms with Gasteiger partial charge in [0.1, 0.15) is 0 Å². The third-order valence-electron chi connectivity index (χ3n) is 3.18. The zero-order valence-corrected chi connectivity index (χ0v) is 12.7. The van der Waals surface area contributed by atoms with Gasteiger partial charge in [-0.05, 0) is 44.2 Å². The smallest absolute Gasteiger partial charge is 0.243 e. The maximum atomic E-state index is 12.5. The molecule has 0 aliphatic carbocycles. The van der Waals surface area contributed by atoms with E-state index in [0.717, 1.165) is 17.3 Å². The summed E-state index contributed by atoms with van der Waals surface area (Å²) in [4.78, 5) is 0.369. The van der Waals surface area contributed by atoms with E-state index in [0.29, 0.717) is 18.0 Å². The first-order valence-electron chi connectivity index (χ1n) is 5.97. The molecule has 1 unspecified atom stereocenters. The van der Waals surface area contributed by atoms with Gasteiger partial charge in [0.15, 0.2) is 0 Å². The topological polar surface area (TPSA) is 49.4 Å². The summed E-state index contributed by atoms with van der Waals surface area (Å²) in [6.07, 6.45) is 1.86. The van der Waals surface area contributed by atoms with Gasteiger partial charge in [-0.25, -0.2) is 8.42 Å². The molecule has 0 spiro atoms. The second kappa shape index (κ2) is 5.69. The van der Waals surface area contributed by atoms with Crippen molar-refractivity contribution in [3.63, 3.8) is 0 Å². The highest BCUT2D eigenvalue weighted by Crippen LogP contribution is 2.26. The summed E-state index contributed by atoms with van der Waals surface area (Å²) in [5, 5.41) is 3.06. The van der Waals surface area contributed by atoms with E-state index in [1.807, 2.05) is 7.05 Å². The van der Waals surface area contributed by atoms with Gasteiger partial charge in [-0.1, -0.05) is 15.9 Å². The molecule has 0 radical (unpaired) electrons. The summed E-state index contributed by atoms with van der Waals surface area (Å²) in [7, 11) is -1.50. The van der Waals surface area contributed by atoms with Crippen molar-refractivity contribution in [1.82, 2.24) is 9.62 Å². The lowest BCUT2D eigenvalue weighted by Gasteiger charge is -2.23. The number of benzene rings is 1. The molecular formula is C12H17BrN2O2S. The van der Waals surface area contributed by atoms with Crippen LogP contribution in [0.1, 0.15) is 12.8 Å². The molecule has 1 aromatic rings. The maximum Gasteiger partial charge on any atom is 0.243 e. The lowest BCUT2D eigenvalue weighted by atomic mass is 10.2. The van der Waals surface area contributed by atoms with E-state index in [1.54, 1.807) is 28.6 Å². The number of halogens is 1. The van der Waals surface area contributed by atoms with Gasteiger partial charge in [0.25, 0.3) is 0 Å². The number of hydrogen-bond donors (Lipinski definition) is 1. The fourth-order valence-electron chi connectivity index (χ4n) is 2.31. The normalized spacial score (nSPS) is 21.3. The standard InChI is InChI=1S/C12H17BrN2O2S/c1-14-9-11-3-2-8-15(11)18(16,17)12-6-4-10(13)5-7-12/h4-7,11,14H,2-3,8-9H2,1H3. The van der Waals surface area contributed by atoms with Gasteiger partial charge < -0.3 is 5.32 Å². The third-order valence-corrected chi connectivity index (χ3v) is 5.68. The van der Waals surface area contributed by atoms with Crippen LogP contribution in [0.4, 0.5) is 0 Å². The van der Waals surface area contributed by atoms with Crippen molar-refractivity contribution in [2.24, 2.45) is 0 Å². The van der Waals surface area contributed by atoms with Crippen LogP contribution in [0.5, 0.6) is 0 Å². The summed E-state index contributed by atoms with van der Waals surface area (Å²) >= 11 is 3.31. The van der Waals surface area contributed by atoms with Crippen LogP contribution in [0.2, 0.25) is 0 Å². The maximum absolute atomic E-state index is 12.5. The van der Waals surface area contributed by atoms with Crippen molar-refractivity contribution in [3.8, 4) is 0 Å². The lowest BCUT2D eigenvalue weighted by molar-refractivity contribution is 0.379. The molecule has 4 nitrogen and oxygen atoms in total. The van der Waals surface area contributed by atoms with Crippen molar-refractivity contribution >= 4 is 26.0 Å². The predicted octanol–water partition coefficient (Wildman–Crippen LogP) is 1.82. The van der Waals surface area contributed by atoms with Crippen LogP contribution in [0.3, 0.4) is 0 Å². The minimum absolute atomic E-state index is 0.0728. The van der Waals surface area contributed by atoms with E-state index in [2.05, 4.69) is 21.2 Å². The van der Waals surface area contributed by atoms with Crippen molar-refractivity contribution < 1.29 is 8.42 Å². The molecule has 1 aromatic carbocycles. The first-order valence-corrected chi connectivity index (χ1v) is 8.21. The summed E-state index contributed by atoms with van der Waals surface area (Å²) in [5.74, 6) is 0. The van der Waals surface area contributed by atoms with Crippen LogP contribution in [0.15, 0.2) is 33.6 Å². The van der Waals surface area contributed by atoms with Crippen LogP contribution in [-0.2, 0) is 10.0 Å². The highest BCUT2D eigenvalue weighted by molar-refractivity contribution is 9.10. The molecule has 6 heteroatoms. The molecule has 1 saturated heterocycles. The van der Waals surface area contributed by atoms with Gasteiger partial charge >= 0.3 is 0 Å². The molecular weight excluding hydrogens is 316 g/mol. The first kappa shape index (κ1) is 14.0. The van der Waals surface area contributed by atoms with Crippen LogP contribution in [-0.4, -0.2) is 38.9 Å². The van der Waals surface area contributed by atoms with Gasteiger partial charge in [-0.2, -0.15) is 4.31 Å². The minimum atomic E-state index is -3.35. The molecule has 1 aliphatic rings. The number of rotatable bonds is 4. The van der Waals surface area contributed by atoms with E-state index in [-0.39, 0.29) is 6.04 Å². The number of likely N-dealkylation sites (N-methyl/N-ethyl adjacent to an activating group) is 1. The molecule has 1 N–H and O–H groups in total. The van der Waals surface area contributed by atoms with E-state index in [9.17, 15) is 8.42 Å². The molecule has 1 atom stereocenters. The van der Waals surface area contributed by atoms with Crippen molar-refractivity contribution in [2.45, 2.75) is 23.8 Å². The average molecular weight is 333 g/mol. The van der Waals surface area contributed by atoms with Crippen LogP contribution >= 0.6 is 15.9 Å². The summed E-state index contributed by atoms with van der Waals surface area (Å²) in [6, 6.07) is 6.89. The molecule has 18 heavy (non-hydrogen) atoms. The Hall–Kier alpha value is -0.430. The van der Waals surface area contributed by atoms with Crippen LogP contribution in [0, 0.1) is 0 Å². The van der Waals surface area contributed by atoms with E-state index < -0.39 is 10.0 Å². The summed E-state index contributed by atoms with van der Waals surface area (Å²) in [6.45, 7) is 1.32. The van der Waals surface area contributed by atoms with Gasteiger partial charge in [0.2, 0.25) is 10.0 Å². The van der Waals surface area contributed by atoms with Gasteiger partial charge in [-0.3, -0.25) is 0 Å². The molecule has 0 amide bonds. The molecule has 0 saturated carbocycles. The van der Waals surface area contributed by atoms with E-state index in [1.165, 1.54) is 0 Å².